The molecule has 1 aromatic heterocycles. The molecule has 2 rings (SSSR count). The molecule has 0 atom stereocenters. The van der Waals surface area contributed by atoms with Crippen LogP contribution in [-0.4, -0.2) is 15.7 Å². The third-order valence-corrected chi connectivity index (χ3v) is 3.13. The second-order valence-electron chi connectivity index (χ2n) is 3.90. The lowest BCUT2D eigenvalue weighted by Crippen LogP contribution is -2.20. The third kappa shape index (κ3) is 2.89. The standard InChI is InChI=1S/C12H13BrN4O/c1-8-6-11(14)16-17(8)7-12(18)15-10-5-3-2-4-9(10)13/h2-6H,7H2,1H3,(H2,14,16)(H,15,18). The molecule has 1 aromatic carbocycles. The number of carbonyl (C=O) groups is 1. The van der Waals surface area contributed by atoms with Crippen molar-refractivity contribution >= 4 is 33.3 Å². The smallest absolute Gasteiger partial charge is 0.246 e. The molecule has 3 N–H and O–H groups in total. The summed E-state index contributed by atoms with van der Waals surface area (Å²) < 4.78 is 2.41. The maximum absolute atomic E-state index is 11.9. The molecular weight excluding hydrogens is 296 g/mol. The Kier molecular flexibility index (Phi) is 3.66. The van der Waals surface area contributed by atoms with Crippen LogP contribution in [0.3, 0.4) is 0 Å². The van der Waals surface area contributed by atoms with Crippen molar-refractivity contribution in [2.45, 2.75) is 13.5 Å². The fourth-order valence-corrected chi connectivity index (χ4v) is 1.97. The van der Waals surface area contributed by atoms with Gasteiger partial charge in [0.15, 0.2) is 0 Å². The van der Waals surface area contributed by atoms with Crippen LogP contribution in [0, 0.1) is 6.92 Å². The molecule has 2 aromatic rings. The number of hydrogen-bond acceptors (Lipinski definition) is 3. The molecule has 0 radical (unpaired) electrons. The number of para-hydroxylation sites is 1. The van der Waals surface area contributed by atoms with E-state index in [4.69, 9.17) is 5.73 Å². The van der Waals surface area contributed by atoms with Crippen molar-refractivity contribution in [3.63, 3.8) is 0 Å². The van der Waals surface area contributed by atoms with Gasteiger partial charge in [0.2, 0.25) is 5.91 Å². The fraction of sp³-hybridized carbons (Fsp3) is 0.167. The number of nitrogens with one attached hydrogen (secondary N) is 1. The van der Waals surface area contributed by atoms with Crippen LogP contribution >= 0.6 is 15.9 Å². The van der Waals surface area contributed by atoms with E-state index in [2.05, 4.69) is 26.3 Å². The molecule has 0 spiro atoms. The van der Waals surface area contributed by atoms with Crippen LogP contribution in [0.5, 0.6) is 0 Å². The van der Waals surface area contributed by atoms with Gasteiger partial charge < -0.3 is 11.1 Å². The maximum Gasteiger partial charge on any atom is 0.246 e. The quantitative estimate of drug-likeness (QED) is 0.912. The highest BCUT2D eigenvalue weighted by Crippen LogP contribution is 2.21. The SMILES string of the molecule is Cc1cc(N)nn1CC(=O)Nc1ccccc1Br. The summed E-state index contributed by atoms with van der Waals surface area (Å²) in [5, 5.41) is 6.84. The number of halogens is 1. The fourth-order valence-electron chi connectivity index (χ4n) is 1.58. The van der Waals surface area contributed by atoms with Crippen LogP contribution < -0.4 is 11.1 Å². The summed E-state index contributed by atoms with van der Waals surface area (Å²) in [6.45, 7) is 2.00. The van der Waals surface area contributed by atoms with Gasteiger partial charge >= 0.3 is 0 Å². The lowest BCUT2D eigenvalue weighted by Gasteiger charge is -2.08. The van der Waals surface area contributed by atoms with Crippen molar-refractivity contribution in [3.8, 4) is 0 Å². The summed E-state index contributed by atoms with van der Waals surface area (Å²) in [5.41, 5.74) is 7.15. The minimum atomic E-state index is -0.145. The molecule has 0 saturated heterocycles. The molecule has 0 saturated carbocycles. The van der Waals surface area contributed by atoms with Gasteiger partial charge in [0.25, 0.3) is 0 Å². The molecule has 0 aliphatic rings. The Morgan fingerprint density at radius 3 is 2.83 bits per heavy atom. The number of aromatic nitrogens is 2. The Bertz CT molecular complexity index is 579. The van der Waals surface area contributed by atoms with Gasteiger partial charge in [-0.2, -0.15) is 5.10 Å². The Morgan fingerprint density at radius 2 is 2.22 bits per heavy atom. The highest BCUT2D eigenvalue weighted by atomic mass is 79.9. The predicted octanol–water partition coefficient (Wildman–Crippen LogP) is 2.17. The van der Waals surface area contributed by atoms with E-state index in [0.717, 1.165) is 15.9 Å². The minimum Gasteiger partial charge on any atom is -0.382 e. The molecule has 6 heteroatoms. The van der Waals surface area contributed by atoms with Crippen LogP contribution in [0.4, 0.5) is 11.5 Å². The summed E-state index contributed by atoms with van der Waals surface area (Å²) in [6.07, 6.45) is 0. The van der Waals surface area contributed by atoms with E-state index in [0.29, 0.717) is 5.82 Å². The van der Waals surface area contributed by atoms with Crippen LogP contribution in [-0.2, 0) is 11.3 Å². The number of nitrogen functional groups attached to an aromatic ring is 1. The first-order chi connectivity index (χ1) is 8.56. The maximum atomic E-state index is 11.9. The number of benzene rings is 1. The number of nitrogens with two attached hydrogens (primary N) is 1. The zero-order valence-electron chi connectivity index (χ0n) is 9.85. The second kappa shape index (κ2) is 5.22. The van der Waals surface area contributed by atoms with Gasteiger partial charge in [-0.15, -0.1) is 0 Å². The number of anilines is 2. The van der Waals surface area contributed by atoms with E-state index in [1.54, 1.807) is 10.7 Å². The normalized spacial score (nSPS) is 10.3. The van der Waals surface area contributed by atoms with Crippen LogP contribution in [0.1, 0.15) is 5.69 Å². The van der Waals surface area contributed by atoms with Crippen LogP contribution in [0.25, 0.3) is 0 Å². The van der Waals surface area contributed by atoms with Crippen molar-refractivity contribution in [1.82, 2.24) is 9.78 Å². The summed E-state index contributed by atoms with van der Waals surface area (Å²) in [4.78, 5) is 11.9. The monoisotopic (exact) mass is 308 g/mol. The van der Waals surface area contributed by atoms with Gasteiger partial charge in [-0.05, 0) is 35.0 Å². The molecule has 1 amide bonds. The van der Waals surface area contributed by atoms with E-state index in [9.17, 15) is 4.79 Å². The molecule has 0 aliphatic carbocycles. The first-order valence-corrected chi connectivity index (χ1v) is 6.20. The zero-order valence-corrected chi connectivity index (χ0v) is 11.4. The lowest BCUT2D eigenvalue weighted by atomic mass is 10.3. The van der Waals surface area contributed by atoms with Crippen molar-refractivity contribution in [2.24, 2.45) is 0 Å². The Labute approximate surface area is 113 Å². The summed E-state index contributed by atoms with van der Waals surface area (Å²) >= 11 is 3.37. The molecule has 0 unspecified atom stereocenters. The minimum absolute atomic E-state index is 0.143. The molecule has 0 bridgehead atoms. The Morgan fingerprint density at radius 1 is 1.50 bits per heavy atom. The molecule has 5 nitrogen and oxygen atoms in total. The lowest BCUT2D eigenvalue weighted by molar-refractivity contribution is -0.116. The number of nitrogens with zero attached hydrogens (tertiary/aromatic N) is 2. The largest absolute Gasteiger partial charge is 0.382 e. The van der Waals surface area contributed by atoms with Gasteiger partial charge in [0, 0.05) is 16.2 Å². The molecule has 18 heavy (non-hydrogen) atoms. The molecule has 94 valence electrons. The van der Waals surface area contributed by atoms with E-state index in [1.807, 2.05) is 31.2 Å². The van der Waals surface area contributed by atoms with Crippen molar-refractivity contribution in [3.05, 3.63) is 40.5 Å². The van der Waals surface area contributed by atoms with Crippen LogP contribution in [0.2, 0.25) is 0 Å². The Hall–Kier alpha value is -1.82. The number of aryl methyl sites for hydroxylation is 1. The number of amides is 1. The third-order valence-electron chi connectivity index (χ3n) is 2.44. The number of rotatable bonds is 3. The Balaban J connectivity index is 2.06. The molecule has 0 aliphatic heterocycles. The van der Waals surface area contributed by atoms with Crippen molar-refractivity contribution in [2.75, 3.05) is 11.1 Å². The van der Waals surface area contributed by atoms with Crippen molar-refractivity contribution < 1.29 is 4.79 Å². The van der Waals surface area contributed by atoms with E-state index < -0.39 is 0 Å². The average molecular weight is 309 g/mol. The van der Waals surface area contributed by atoms with Crippen molar-refractivity contribution in [1.29, 1.82) is 0 Å². The van der Waals surface area contributed by atoms with Crippen LogP contribution in [0.15, 0.2) is 34.8 Å². The first-order valence-electron chi connectivity index (χ1n) is 5.40. The predicted molar refractivity (Wildman–Crippen MR) is 74.1 cm³/mol. The van der Waals surface area contributed by atoms with Gasteiger partial charge in [0.05, 0.1) is 5.69 Å². The van der Waals surface area contributed by atoms with Gasteiger partial charge in [0.1, 0.15) is 12.4 Å². The summed E-state index contributed by atoms with van der Waals surface area (Å²) in [5.74, 6) is 0.272. The second-order valence-corrected chi connectivity index (χ2v) is 4.75. The first kappa shape index (κ1) is 12.6. The summed E-state index contributed by atoms with van der Waals surface area (Å²) in [7, 11) is 0. The molecular formula is C12H13BrN4O. The van der Waals surface area contributed by atoms with E-state index >= 15 is 0 Å². The molecule has 1 heterocycles. The van der Waals surface area contributed by atoms with E-state index in [-0.39, 0.29) is 12.5 Å². The number of hydrogen-bond donors (Lipinski definition) is 2. The average Bonchev–Trinajstić information content (AvgIpc) is 2.61. The van der Waals surface area contributed by atoms with Gasteiger partial charge in [-0.3, -0.25) is 9.48 Å². The molecule has 0 fully saturated rings. The zero-order chi connectivity index (χ0) is 13.1. The van der Waals surface area contributed by atoms with Gasteiger partial charge in [-0.25, -0.2) is 0 Å². The highest BCUT2D eigenvalue weighted by molar-refractivity contribution is 9.10. The highest BCUT2D eigenvalue weighted by Gasteiger charge is 2.08. The number of carbonyl (C=O) groups excluding carboxylic acids is 1. The topological polar surface area (TPSA) is 72.9 Å². The van der Waals surface area contributed by atoms with E-state index in [1.165, 1.54) is 0 Å². The summed E-state index contributed by atoms with van der Waals surface area (Å²) in [6, 6.07) is 9.17. The van der Waals surface area contributed by atoms with Gasteiger partial charge in [-0.1, -0.05) is 12.1 Å².